The first kappa shape index (κ1) is 25.4. The number of hydrogen-bond donors (Lipinski definition) is 1. The minimum atomic E-state index is -0.802. The number of amidine groups is 1. The predicted octanol–water partition coefficient (Wildman–Crippen LogP) is 3.52. The molecule has 186 valence electrons. The number of morpholine rings is 1. The van der Waals surface area contributed by atoms with Crippen LogP contribution in [0.15, 0.2) is 46.0 Å². The molecule has 1 fully saturated rings. The molecule has 3 heterocycles. The highest BCUT2D eigenvalue weighted by molar-refractivity contribution is 7.11. The molecular formula is C24H26ClFN4O4S. The standard InChI is InChI=1S/C24H26ClFN4O4S/c1-2-33-24(32)20-19(14-30-8-10-34-16(13-30)4-3-9-31)28-22(23-27-7-11-35-23)29-21(20)17-6-5-15(26)12-18(17)25/h5-7,9,11-12,16,21H,2-4,8,10,13-14H2,1H3,(H,28,29)/t16-,21+/m1/s1. The van der Waals surface area contributed by atoms with E-state index in [1.807, 2.05) is 5.38 Å². The molecule has 0 amide bonds. The van der Waals surface area contributed by atoms with Gasteiger partial charge in [-0.15, -0.1) is 11.3 Å². The quantitative estimate of drug-likeness (QED) is 0.399. The molecule has 35 heavy (non-hydrogen) atoms. The Morgan fingerprint density at radius 2 is 2.31 bits per heavy atom. The Kier molecular flexibility index (Phi) is 8.61. The second kappa shape index (κ2) is 11.9. The average molecular weight is 521 g/mol. The topological polar surface area (TPSA) is 93.1 Å². The molecule has 0 aliphatic carbocycles. The largest absolute Gasteiger partial charge is 0.463 e. The highest BCUT2D eigenvalue weighted by atomic mass is 35.5. The van der Waals surface area contributed by atoms with Crippen molar-refractivity contribution in [3.63, 3.8) is 0 Å². The molecule has 0 saturated carbocycles. The third kappa shape index (κ3) is 6.13. The number of ether oxygens (including phenoxy) is 2. The number of rotatable bonds is 9. The van der Waals surface area contributed by atoms with Crippen LogP contribution < -0.4 is 5.32 Å². The summed E-state index contributed by atoms with van der Waals surface area (Å²) >= 11 is 7.82. The number of nitrogens with zero attached hydrogens (tertiary/aromatic N) is 3. The third-order valence-electron chi connectivity index (χ3n) is 5.72. The fourth-order valence-corrected chi connectivity index (χ4v) is 5.00. The van der Waals surface area contributed by atoms with Crippen molar-refractivity contribution in [3.05, 3.63) is 62.5 Å². The van der Waals surface area contributed by atoms with Crippen molar-refractivity contribution in [2.24, 2.45) is 4.99 Å². The predicted molar refractivity (Wildman–Crippen MR) is 131 cm³/mol. The van der Waals surface area contributed by atoms with Gasteiger partial charge < -0.3 is 19.6 Å². The molecule has 2 atom stereocenters. The van der Waals surface area contributed by atoms with E-state index < -0.39 is 17.8 Å². The number of aldehydes is 1. The maximum absolute atomic E-state index is 13.8. The fourth-order valence-electron chi connectivity index (χ4n) is 4.14. The lowest BCUT2D eigenvalue weighted by atomic mass is 9.95. The Balaban J connectivity index is 1.74. The van der Waals surface area contributed by atoms with Gasteiger partial charge in [0.25, 0.3) is 0 Å². The van der Waals surface area contributed by atoms with Gasteiger partial charge in [0, 0.05) is 53.9 Å². The molecule has 11 heteroatoms. The zero-order chi connectivity index (χ0) is 24.8. The first-order chi connectivity index (χ1) is 17.0. The molecule has 1 aromatic carbocycles. The molecule has 1 aromatic heterocycles. The molecule has 2 aliphatic rings. The minimum absolute atomic E-state index is 0.0707. The Morgan fingerprint density at radius 1 is 1.46 bits per heavy atom. The number of halogens is 2. The number of nitrogens with one attached hydrogen (secondary N) is 1. The zero-order valence-corrected chi connectivity index (χ0v) is 20.8. The highest BCUT2D eigenvalue weighted by Gasteiger charge is 2.35. The summed E-state index contributed by atoms with van der Waals surface area (Å²) in [6.45, 7) is 4.11. The summed E-state index contributed by atoms with van der Waals surface area (Å²) in [6, 6.07) is 3.24. The Morgan fingerprint density at radius 3 is 3.03 bits per heavy atom. The number of esters is 1. The van der Waals surface area contributed by atoms with Crippen molar-refractivity contribution in [2.45, 2.75) is 31.9 Å². The smallest absolute Gasteiger partial charge is 0.338 e. The van der Waals surface area contributed by atoms with Crippen LogP contribution in [0.3, 0.4) is 0 Å². The maximum Gasteiger partial charge on any atom is 0.338 e. The van der Waals surface area contributed by atoms with Crippen LogP contribution in [0.1, 0.15) is 36.4 Å². The Labute approximate surface area is 211 Å². The number of aliphatic imine (C=N–C) groups is 1. The Hall–Kier alpha value is -2.66. The summed E-state index contributed by atoms with van der Waals surface area (Å²) in [7, 11) is 0. The van der Waals surface area contributed by atoms with Gasteiger partial charge in [-0.1, -0.05) is 17.7 Å². The summed E-state index contributed by atoms with van der Waals surface area (Å²) in [5.74, 6) is -0.499. The fraction of sp³-hybridized carbons (Fsp3) is 0.417. The summed E-state index contributed by atoms with van der Waals surface area (Å²) < 4.78 is 25.0. The van der Waals surface area contributed by atoms with Crippen LogP contribution in [0.25, 0.3) is 0 Å². The zero-order valence-electron chi connectivity index (χ0n) is 19.2. The number of hydrogen-bond acceptors (Lipinski definition) is 9. The maximum atomic E-state index is 13.8. The summed E-state index contributed by atoms with van der Waals surface area (Å²) in [5.41, 5.74) is 1.43. The van der Waals surface area contributed by atoms with E-state index in [9.17, 15) is 14.0 Å². The van der Waals surface area contributed by atoms with Gasteiger partial charge in [0.15, 0.2) is 10.8 Å². The van der Waals surface area contributed by atoms with Crippen LogP contribution in [0, 0.1) is 5.82 Å². The van der Waals surface area contributed by atoms with Gasteiger partial charge in [0.1, 0.15) is 18.1 Å². The van der Waals surface area contributed by atoms with Gasteiger partial charge in [0.05, 0.1) is 24.9 Å². The number of carbonyl (C=O) groups excluding carboxylic acids is 2. The number of aromatic nitrogens is 1. The highest BCUT2D eigenvalue weighted by Crippen LogP contribution is 2.37. The summed E-state index contributed by atoms with van der Waals surface area (Å²) in [4.78, 5) is 35.3. The van der Waals surface area contributed by atoms with E-state index in [1.54, 1.807) is 13.1 Å². The lowest BCUT2D eigenvalue weighted by Gasteiger charge is -2.35. The third-order valence-corrected chi connectivity index (χ3v) is 6.83. The van der Waals surface area contributed by atoms with E-state index in [-0.39, 0.29) is 17.7 Å². The van der Waals surface area contributed by atoms with Gasteiger partial charge in [0.2, 0.25) is 0 Å². The van der Waals surface area contributed by atoms with Gasteiger partial charge in [-0.2, -0.15) is 0 Å². The van der Waals surface area contributed by atoms with E-state index in [2.05, 4.69) is 15.2 Å². The van der Waals surface area contributed by atoms with Crippen molar-refractivity contribution in [1.82, 2.24) is 15.2 Å². The molecule has 0 radical (unpaired) electrons. The Bertz CT molecular complexity index is 1120. The van der Waals surface area contributed by atoms with Crippen molar-refractivity contribution >= 4 is 41.0 Å². The first-order valence-electron chi connectivity index (χ1n) is 11.4. The molecule has 0 unspecified atom stereocenters. The normalized spacial score (nSPS) is 20.8. The van der Waals surface area contributed by atoms with Crippen LogP contribution in [0.2, 0.25) is 5.02 Å². The summed E-state index contributed by atoms with van der Waals surface area (Å²) in [5, 5.41) is 5.96. The molecule has 1 N–H and O–H groups in total. The molecule has 8 nitrogen and oxygen atoms in total. The summed E-state index contributed by atoms with van der Waals surface area (Å²) in [6.07, 6.45) is 3.56. The molecule has 2 aromatic rings. The van der Waals surface area contributed by atoms with Crippen LogP contribution in [-0.2, 0) is 19.1 Å². The van der Waals surface area contributed by atoms with Crippen molar-refractivity contribution in [3.8, 4) is 0 Å². The van der Waals surface area contributed by atoms with Crippen LogP contribution in [0.4, 0.5) is 4.39 Å². The lowest BCUT2D eigenvalue weighted by molar-refractivity contribution is -0.139. The number of thiazole rings is 1. The van der Waals surface area contributed by atoms with E-state index in [4.69, 9.17) is 26.1 Å². The van der Waals surface area contributed by atoms with Crippen LogP contribution in [-0.4, -0.2) is 66.9 Å². The second-order valence-electron chi connectivity index (χ2n) is 8.09. The average Bonchev–Trinajstić information content (AvgIpc) is 3.38. The van der Waals surface area contributed by atoms with Crippen LogP contribution >= 0.6 is 22.9 Å². The monoisotopic (exact) mass is 520 g/mol. The van der Waals surface area contributed by atoms with E-state index >= 15 is 0 Å². The van der Waals surface area contributed by atoms with Gasteiger partial charge in [-0.3, -0.25) is 9.89 Å². The van der Waals surface area contributed by atoms with Crippen molar-refractivity contribution in [2.75, 3.05) is 32.8 Å². The van der Waals surface area contributed by atoms with Gasteiger partial charge in [-0.25, -0.2) is 14.2 Å². The molecule has 1 saturated heterocycles. The van der Waals surface area contributed by atoms with E-state index in [1.165, 1.54) is 29.5 Å². The lowest BCUT2D eigenvalue weighted by Crippen LogP contribution is -2.46. The first-order valence-corrected chi connectivity index (χ1v) is 12.6. The van der Waals surface area contributed by atoms with Gasteiger partial charge in [-0.05, 0) is 25.5 Å². The molecular weight excluding hydrogens is 495 g/mol. The van der Waals surface area contributed by atoms with Crippen molar-refractivity contribution < 1.29 is 23.5 Å². The molecule has 4 rings (SSSR count). The van der Waals surface area contributed by atoms with Gasteiger partial charge >= 0.3 is 5.97 Å². The van der Waals surface area contributed by atoms with E-state index in [0.29, 0.717) is 66.8 Å². The SMILES string of the molecule is CCOC(=O)C1=C(CN2CCO[C@H](CCC=O)C2)NC(c2nccs2)=N[C@H]1c1ccc(F)cc1Cl. The van der Waals surface area contributed by atoms with Crippen molar-refractivity contribution in [1.29, 1.82) is 0 Å². The van der Waals surface area contributed by atoms with Crippen LogP contribution in [0.5, 0.6) is 0 Å². The molecule has 2 aliphatic heterocycles. The number of benzene rings is 1. The minimum Gasteiger partial charge on any atom is -0.463 e. The van der Waals surface area contributed by atoms with E-state index in [0.717, 1.165) is 6.29 Å². The number of carbonyl (C=O) groups is 2. The molecule has 0 spiro atoms. The molecule has 0 bridgehead atoms. The second-order valence-corrected chi connectivity index (χ2v) is 9.39.